The van der Waals surface area contributed by atoms with Crippen LogP contribution in [0.5, 0.6) is 0 Å². The molecule has 3 nitrogen and oxygen atoms in total. The van der Waals surface area contributed by atoms with Gasteiger partial charge in [-0.05, 0) is 25.7 Å². The average molecular weight is 256 g/mol. The molecule has 1 aliphatic carbocycles. The van der Waals surface area contributed by atoms with Crippen molar-refractivity contribution in [1.29, 1.82) is 0 Å². The van der Waals surface area contributed by atoms with E-state index in [0.29, 0.717) is 11.9 Å². The Balaban J connectivity index is 1.92. The number of alkyl halides is 1. The average Bonchev–Trinajstić information content (AvgIpc) is 2.74. The maximum Gasteiger partial charge on any atom is 0.0827 e. The Bertz CT molecular complexity index is 316. The molecule has 0 spiro atoms. The fraction of sp³-hybridized carbons (Fsp3) is 0.846. The lowest BCUT2D eigenvalue weighted by molar-refractivity contribution is 0.342. The summed E-state index contributed by atoms with van der Waals surface area (Å²) in [6.45, 7) is 0. The van der Waals surface area contributed by atoms with Crippen LogP contribution in [0.15, 0.2) is 6.20 Å². The van der Waals surface area contributed by atoms with Gasteiger partial charge < -0.3 is 0 Å². The second-order valence-corrected chi connectivity index (χ2v) is 5.36. The fourth-order valence-electron chi connectivity index (χ4n) is 2.55. The summed E-state index contributed by atoms with van der Waals surface area (Å²) in [4.78, 5) is 0. The van der Waals surface area contributed by atoms with Crippen LogP contribution in [-0.4, -0.2) is 20.9 Å². The molecule has 2 rings (SSSR count). The highest BCUT2D eigenvalue weighted by molar-refractivity contribution is 6.17. The molecule has 1 heterocycles. The van der Waals surface area contributed by atoms with E-state index in [4.69, 9.17) is 11.6 Å². The summed E-state index contributed by atoms with van der Waals surface area (Å²) in [5.41, 5.74) is 1.09. The van der Waals surface area contributed by atoms with Gasteiger partial charge in [-0.25, -0.2) is 4.68 Å². The van der Waals surface area contributed by atoms with Crippen LogP contribution in [0.1, 0.15) is 63.1 Å². The van der Waals surface area contributed by atoms with Gasteiger partial charge in [-0.15, -0.1) is 16.7 Å². The number of nitrogens with zero attached hydrogens (tertiary/aromatic N) is 3. The van der Waals surface area contributed by atoms with Gasteiger partial charge in [0.2, 0.25) is 0 Å². The SMILES string of the molecule is ClCCCc1cn(C2CCCCCCC2)nn1. The third-order valence-corrected chi connectivity index (χ3v) is 3.84. The van der Waals surface area contributed by atoms with E-state index in [1.165, 1.54) is 44.9 Å². The van der Waals surface area contributed by atoms with Gasteiger partial charge in [-0.1, -0.05) is 37.3 Å². The molecular weight excluding hydrogens is 234 g/mol. The molecule has 17 heavy (non-hydrogen) atoms. The first kappa shape index (κ1) is 12.9. The van der Waals surface area contributed by atoms with Gasteiger partial charge >= 0.3 is 0 Å². The zero-order valence-electron chi connectivity index (χ0n) is 10.4. The first-order valence-corrected chi connectivity index (χ1v) is 7.40. The number of aromatic nitrogens is 3. The molecule has 1 aromatic heterocycles. The standard InChI is InChI=1S/C13H22ClN3/c14-10-6-7-12-11-17(16-15-12)13-8-4-2-1-3-5-9-13/h11,13H,1-10H2. The van der Waals surface area contributed by atoms with Gasteiger partial charge in [0, 0.05) is 12.1 Å². The molecule has 4 heteroatoms. The maximum atomic E-state index is 5.69. The van der Waals surface area contributed by atoms with Gasteiger partial charge in [-0.2, -0.15) is 0 Å². The summed E-state index contributed by atoms with van der Waals surface area (Å²) < 4.78 is 2.09. The van der Waals surface area contributed by atoms with Crippen molar-refractivity contribution in [1.82, 2.24) is 15.0 Å². The Morgan fingerprint density at radius 1 is 1.18 bits per heavy atom. The lowest BCUT2D eigenvalue weighted by Gasteiger charge is -2.19. The minimum atomic E-state index is 0.576. The van der Waals surface area contributed by atoms with Crippen molar-refractivity contribution in [3.8, 4) is 0 Å². The molecule has 1 saturated carbocycles. The van der Waals surface area contributed by atoms with Gasteiger partial charge in [-0.3, -0.25) is 0 Å². The monoisotopic (exact) mass is 255 g/mol. The molecule has 0 saturated heterocycles. The van der Waals surface area contributed by atoms with Crippen molar-refractivity contribution >= 4 is 11.6 Å². The molecule has 0 aromatic carbocycles. The van der Waals surface area contributed by atoms with Crippen LogP contribution >= 0.6 is 11.6 Å². The van der Waals surface area contributed by atoms with Crippen LogP contribution < -0.4 is 0 Å². The van der Waals surface area contributed by atoms with Crippen molar-refractivity contribution in [3.05, 3.63) is 11.9 Å². The van der Waals surface area contributed by atoms with Crippen molar-refractivity contribution in [3.63, 3.8) is 0 Å². The van der Waals surface area contributed by atoms with Crippen LogP contribution in [0.25, 0.3) is 0 Å². The lowest BCUT2D eigenvalue weighted by atomic mass is 9.97. The van der Waals surface area contributed by atoms with E-state index >= 15 is 0 Å². The first-order chi connectivity index (χ1) is 8.40. The van der Waals surface area contributed by atoms with Crippen LogP contribution in [-0.2, 0) is 6.42 Å². The van der Waals surface area contributed by atoms with E-state index in [0.717, 1.165) is 18.5 Å². The Morgan fingerprint density at radius 3 is 2.59 bits per heavy atom. The van der Waals surface area contributed by atoms with E-state index in [1.807, 2.05) is 0 Å². The first-order valence-electron chi connectivity index (χ1n) is 6.87. The molecule has 0 amide bonds. The molecule has 0 bridgehead atoms. The summed E-state index contributed by atoms with van der Waals surface area (Å²) in [5, 5.41) is 8.53. The molecule has 0 aliphatic heterocycles. The number of hydrogen-bond acceptors (Lipinski definition) is 2. The number of aryl methyl sites for hydroxylation is 1. The number of rotatable bonds is 4. The van der Waals surface area contributed by atoms with Crippen molar-refractivity contribution in [2.24, 2.45) is 0 Å². The van der Waals surface area contributed by atoms with Crippen molar-refractivity contribution < 1.29 is 0 Å². The number of halogens is 1. The van der Waals surface area contributed by atoms with E-state index < -0.39 is 0 Å². The van der Waals surface area contributed by atoms with E-state index in [-0.39, 0.29) is 0 Å². The molecule has 0 unspecified atom stereocenters. The van der Waals surface area contributed by atoms with Gasteiger partial charge in [0.25, 0.3) is 0 Å². The summed E-state index contributed by atoms with van der Waals surface area (Å²) >= 11 is 5.69. The summed E-state index contributed by atoms with van der Waals surface area (Å²) in [5.74, 6) is 0.705. The van der Waals surface area contributed by atoms with Crippen LogP contribution in [0, 0.1) is 0 Å². The topological polar surface area (TPSA) is 30.7 Å². The van der Waals surface area contributed by atoms with Gasteiger partial charge in [0.05, 0.1) is 11.7 Å². The molecule has 1 aliphatic rings. The van der Waals surface area contributed by atoms with Gasteiger partial charge in [0.15, 0.2) is 0 Å². The molecule has 96 valence electrons. The minimum absolute atomic E-state index is 0.576. The highest BCUT2D eigenvalue weighted by atomic mass is 35.5. The smallest absolute Gasteiger partial charge is 0.0827 e. The third-order valence-electron chi connectivity index (χ3n) is 3.57. The third kappa shape index (κ3) is 3.98. The van der Waals surface area contributed by atoms with E-state index in [9.17, 15) is 0 Å². The van der Waals surface area contributed by atoms with Crippen molar-refractivity contribution in [2.45, 2.75) is 63.8 Å². The second-order valence-electron chi connectivity index (χ2n) is 4.98. The van der Waals surface area contributed by atoms with E-state index in [2.05, 4.69) is 21.2 Å². The Labute approximate surface area is 109 Å². The highest BCUT2D eigenvalue weighted by Crippen LogP contribution is 2.25. The predicted molar refractivity (Wildman–Crippen MR) is 70.4 cm³/mol. The maximum absolute atomic E-state index is 5.69. The zero-order valence-corrected chi connectivity index (χ0v) is 11.2. The normalized spacial score (nSPS) is 18.9. The molecule has 1 fully saturated rings. The van der Waals surface area contributed by atoms with E-state index in [1.54, 1.807) is 0 Å². The lowest BCUT2D eigenvalue weighted by Crippen LogP contribution is -2.11. The summed E-state index contributed by atoms with van der Waals surface area (Å²) in [6, 6.07) is 0.576. The zero-order chi connectivity index (χ0) is 11.9. The van der Waals surface area contributed by atoms with Gasteiger partial charge in [0.1, 0.15) is 0 Å². The molecule has 0 atom stereocenters. The van der Waals surface area contributed by atoms with Crippen LogP contribution in [0.3, 0.4) is 0 Å². The Morgan fingerprint density at radius 2 is 1.88 bits per heavy atom. The molecular formula is C13H22ClN3. The van der Waals surface area contributed by atoms with Crippen LogP contribution in [0.2, 0.25) is 0 Å². The molecule has 0 N–H and O–H groups in total. The fourth-order valence-corrected chi connectivity index (χ4v) is 2.69. The highest BCUT2D eigenvalue weighted by Gasteiger charge is 2.14. The largest absolute Gasteiger partial charge is 0.249 e. The Hall–Kier alpha value is -0.570. The summed E-state index contributed by atoms with van der Waals surface area (Å²) in [7, 11) is 0. The minimum Gasteiger partial charge on any atom is -0.249 e. The Kier molecular flexibility index (Phi) is 5.30. The summed E-state index contributed by atoms with van der Waals surface area (Å²) in [6.07, 6.45) is 13.4. The molecule has 1 aromatic rings. The number of hydrogen-bond donors (Lipinski definition) is 0. The van der Waals surface area contributed by atoms with Crippen LogP contribution in [0.4, 0.5) is 0 Å². The molecule has 0 radical (unpaired) electrons. The predicted octanol–water partition coefficient (Wildman–Crippen LogP) is 3.73. The quantitative estimate of drug-likeness (QED) is 0.768. The second kappa shape index (κ2) is 7.00. The van der Waals surface area contributed by atoms with Crippen molar-refractivity contribution in [2.75, 3.05) is 5.88 Å².